The molecular weight excluding hydrogens is 1230 g/mol. The summed E-state index contributed by atoms with van der Waals surface area (Å²) in [6.45, 7) is 2.78. The number of amides is 1. The molecule has 0 aromatic carbocycles. The van der Waals surface area contributed by atoms with Crippen LogP contribution in [0.5, 0.6) is 0 Å². The van der Waals surface area contributed by atoms with Crippen LogP contribution >= 0.6 is 0 Å². The van der Waals surface area contributed by atoms with Gasteiger partial charge in [0.2, 0.25) is 5.91 Å². The van der Waals surface area contributed by atoms with Crippen molar-refractivity contribution in [1.29, 1.82) is 0 Å². The lowest BCUT2D eigenvalue weighted by Gasteiger charge is -2.46. The number of allylic oxidation sites excluding steroid dienone is 18. The Morgan fingerprint density at radius 1 is 0.378 bits per heavy atom. The van der Waals surface area contributed by atoms with Gasteiger partial charge >= 0.3 is 0 Å². The van der Waals surface area contributed by atoms with Gasteiger partial charge in [0.1, 0.15) is 48.8 Å². The number of aliphatic hydroxyl groups is 8. The summed E-state index contributed by atoms with van der Waals surface area (Å²) in [4.78, 5) is 13.4. The third-order valence-electron chi connectivity index (χ3n) is 19.0. The molecule has 0 spiro atoms. The van der Waals surface area contributed by atoms with Crippen LogP contribution in [0.25, 0.3) is 0 Å². The summed E-state index contributed by atoms with van der Waals surface area (Å²) in [5.41, 5.74) is 0. The van der Waals surface area contributed by atoms with Crippen LogP contribution in [0.3, 0.4) is 0 Å². The van der Waals surface area contributed by atoms with E-state index in [0.29, 0.717) is 12.8 Å². The van der Waals surface area contributed by atoms with Crippen LogP contribution < -0.4 is 5.32 Å². The molecule has 0 saturated carbocycles. The van der Waals surface area contributed by atoms with Crippen LogP contribution in [-0.4, -0.2) is 140 Å². The average Bonchev–Trinajstić information content (AvgIpc) is 0.797. The van der Waals surface area contributed by atoms with Crippen LogP contribution in [0.15, 0.2) is 109 Å². The fourth-order valence-electron chi connectivity index (χ4n) is 12.7. The smallest absolute Gasteiger partial charge is 0.220 e. The number of hydrogen-bond donors (Lipinski definition) is 9. The molecule has 0 radical (unpaired) electrons. The van der Waals surface area contributed by atoms with Crippen molar-refractivity contribution >= 4 is 5.91 Å². The highest BCUT2D eigenvalue weighted by Gasteiger charge is 2.51. The van der Waals surface area contributed by atoms with Gasteiger partial charge in [-0.15, -0.1) is 0 Å². The molecular formula is C84H147NO13. The van der Waals surface area contributed by atoms with Crippen molar-refractivity contribution in [3.63, 3.8) is 0 Å². The van der Waals surface area contributed by atoms with Gasteiger partial charge in [-0.3, -0.25) is 4.79 Å². The molecule has 14 nitrogen and oxygen atoms in total. The summed E-state index contributed by atoms with van der Waals surface area (Å²) in [6.07, 6.45) is 79.7. The van der Waals surface area contributed by atoms with Gasteiger partial charge < -0.3 is 65.1 Å². The number of aliphatic hydroxyl groups excluding tert-OH is 8. The van der Waals surface area contributed by atoms with E-state index in [0.717, 1.165) is 122 Å². The highest BCUT2D eigenvalue weighted by Crippen LogP contribution is 2.30. The molecule has 1 amide bonds. The Bertz CT molecular complexity index is 2070. The van der Waals surface area contributed by atoms with Gasteiger partial charge in [0.05, 0.1) is 32.0 Å². The van der Waals surface area contributed by atoms with Crippen molar-refractivity contribution in [2.24, 2.45) is 0 Å². The fourth-order valence-corrected chi connectivity index (χ4v) is 12.7. The van der Waals surface area contributed by atoms with E-state index in [2.05, 4.69) is 129 Å². The van der Waals surface area contributed by atoms with E-state index in [1.807, 2.05) is 0 Å². The molecule has 14 heteroatoms. The number of rotatable bonds is 66. The normalized spacial score (nSPS) is 22.6. The topological polar surface area (TPSA) is 228 Å². The van der Waals surface area contributed by atoms with E-state index < -0.39 is 86.8 Å². The average molecular weight is 1380 g/mol. The molecule has 12 unspecified atom stereocenters. The zero-order valence-corrected chi connectivity index (χ0v) is 62.0. The summed E-state index contributed by atoms with van der Waals surface area (Å²) < 4.78 is 23.0. The molecule has 0 aliphatic carbocycles. The van der Waals surface area contributed by atoms with Gasteiger partial charge in [-0.05, 0) is 83.5 Å². The van der Waals surface area contributed by atoms with Crippen LogP contribution in [0.4, 0.5) is 0 Å². The van der Waals surface area contributed by atoms with E-state index in [4.69, 9.17) is 18.9 Å². The Labute approximate surface area is 597 Å². The van der Waals surface area contributed by atoms with E-state index in [1.165, 1.54) is 167 Å². The lowest BCUT2D eigenvalue weighted by atomic mass is 9.97. The van der Waals surface area contributed by atoms with Crippen molar-refractivity contribution in [2.45, 2.75) is 396 Å². The minimum atomic E-state index is -1.79. The lowest BCUT2D eigenvalue weighted by Crippen LogP contribution is -2.65. The largest absolute Gasteiger partial charge is 0.394 e. The Hall–Kier alpha value is -3.35. The quantitative estimate of drug-likeness (QED) is 0.0204. The van der Waals surface area contributed by atoms with Crippen molar-refractivity contribution in [1.82, 2.24) is 5.32 Å². The molecule has 98 heavy (non-hydrogen) atoms. The van der Waals surface area contributed by atoms with Gasteiger partial charge in [0, 0.05) is 6.42 Å². The summed E-state index contributed by atoms with van der Waals surface area (Å²) in [5, 5.41) is 87.9. The van der Waals surface area contributed by atoms with Crippen molar-refractivity contribution < 1.29 is 64.6 Å². The number of hydrogen-bond acceptors (Lipinski definition) is 13. The summed E-state index contributed by atoms with van der Waals surface area (Å²) in [7, 11) is 0. The first-order valence-corrected chi connectivity index (χ1v) is 40.1. The summed E-state index contributed by atoms with van der Waals surface area (Å²) in [5.74, 6) is -0.218. The Morgan fingerprint density at radius 3 is 1.08 bits per heavy atom. The van der Waals surface area contributed by atoms with E-state index in [1.54, 1.807) is 0 Å². The maximum absolute atomic E-state index is 13.4. The number of nitrogens with one attached hydrogen (secondary N) is 1. The predicted octanol–water partition coefficient (Wildman–Crippen LogP) is 18.2. The summed E-state index contributed by atoms with van der Waals surface area (Å²) in [6, 6.07) is -0.845. The molecule has 2 aliphatic rings. The predicted molar refractivity (Wildman–Crippen MR) is 406 cm³/mol. The van der Waals surface area contributed by atoms with Crippen LogP contribution in [0.2, 0.25) is 0 Å². The summed E-state index contributed by atoms with van der Waals surface area (Å²) >= 11 is 0. The van der Waals surface area contributed by atoms with Gasteiger partial charge in [-0.25, -0.2) is 0 Å². The SMILES string of the molecule is CC/C=C\C/C=C\C/C=C\C/C=C\C/C=C\C/C=C\C/C=C\C/C=C\C/C=C\CCCCCCCCCC(=O)NC(COC1OC(CO)C(OC2OC(CO)C(O)C(O)C2O)C(O)C1O)C(O)CCCCCCCCCCCCCCCCCCCCCCCCCCCCCCC. The first-order valence-electron chi connectivity index (χ1n) is 40.1. The van der Waals surface area contributed by atoms with Gasteiger partial charge in [-0.1, -0.05) is 342 Å². The molecule has 2 heterocycles. The molecule has 2 fully saturated rings. The van der Waals surface area contributed by atoms with Gasteiger partial charge in [0.15, 0.2) is 12.6 Å². The van der Waals surface area contributed by atoms with Crippen molar-refractivity contribution in [3.05, 3.63) is 109 Å². The molecule has 12 atom stereocenters. The monoisotopic (exact) mass is 1380 g/mol. The van der Waals surface area contributed by atoms with Crippen LogP contribution in [0.1, 0.15) is 322 Å². The molecule has 9 N–H and O–H groups in total. The Kier molecular flexibility index (Phi) is 61.9. The molecule has 2 aliphatic heterocycles. The number of unbranched alkanes of at least 4 members (excludes halogenated alkanes) is 35. The van der Waals surface area contributed by atoms with Crippen molar-refractivity contribution in [3.8, 4) is 0 Å². The van der Waals surface area contributed by atoms with Gasteiger partial charge in [0.25, 0.3) is 0 Å². The molecule has 0 aromatic heterocycles. The minimum Gasteiger partial charge on any atom is -0.394 e. The third kappa shape index (κ3) is 49.3. The van der Waals surface area contributed by atoms with Crippen molar-refractivity contribution in [2.75, 3.05) is 19.8 Å². The number of carbonyl (C=O) groups excluding carboxylic acids is 1. The molecule has 2 saturated heterocycles. The van der Waals surface area contributed by atoms with Crippen LogP contribution in [0, 0.1) is 0 Å². The second-order valence-corrected chi connectivity index (χ2v) is 27.8. The highest BCUT2D eigenvalue weighted by atomic mass is 16.7. The second kappa shape index (κ2) is 66.9. The third-order valence-corrected chi connectivity index (χ3v) is 19.0. The Balaban J connectivity index is 1.64. The van der Waals surface area contributed by atoms with Gasteiger partial charge in [-0.2, -0.15) is 0 Å². The molecule has 566 valence electrons. The zero-order valence-electron chi connectivity index (χ0n) is 62.0. The maximum Gasteiger partial charge on any atom is 0.220 e. The lowest BCUT2D eigenvalue weighted by molar-refractivity contribution is -0.359. The minimum absolute atomic E-state index is 0.218. The van der Waals surface area contributed by atoms with Crippen LogP contribution in [-0.2, 0) is 23.7 Å². The molecule has 0 aromatic rings. The van der Waals surface area contributed by atoms with E-state index in [9.17, 15) is 45.6 Å². The first kappa shape index (κ1) is 90.7. The maximum atomic E-state index is 13.4. The standard InChI is InChI=1S/C84H147NO13/c1-3-5-7-9-11-13-15-17-19-21-23-25-27-29-31-33-34-35-36-37-38-40-42-44-46-48-50-52-54-56-58-60-62-64-66-68-76(89)85-72(71-95-83-81(94)79(92)82(75(70-87)97-83)98-84-80(93)78(91)77(90)74(69-86)96-84)73(88)67-65-63-61-59-57-55-53-51-49-47-45-43-41-39-32-30-28-26-24-22-20-18-16-14-12-10-8-6-4-2/h5,7,11,13,17,19,23,25,29,31,34-35,37-38,42,44,48,50,72-75,77-84,86-88,90-94H,3-4,6,8-10,12,14-16,18,20-22,24,26-28,30,32-33,36,39-41,43,45-47,49,51-71H2,1-2H3,(H,85,89)/b7-5-,13-11-,19-17-,25-23-,31-29-,35-34-,38-37-,44-42-,50-48-. The number of ether oxygens (including phenoxy) is 4. The number of carbonyl (C=O) groups is 1. The molecule has 0 bridgehead atoms. The second-order valence-electron chi connectivity index (χ2n) is 27.8. The Morgan fingerprint density at radius 2 is 0.704 bits per heavy atom. The van der Waals surface area contributed by atoms with E-state index >= 15 is 0 Å². The van der Waals surface area contributed by atoms with E-state index in [-0.39, 0.29) is 18.9 Å². The zero-order chi connectivity index (χ0) is 70.8. The fraction of sp³-hybridized carbons (Fsp3) is 0.774. The highest BCUT2D eigenvalue weighted by molar-refractivity contribution is 5.76. The molecule has 2 rings (SSSR count). The first-order chi connectivity index (χ1) is 48.1.